The molecule has 0 spiro atoms. The monoisotopic (exact) mass is 290 g/mol. The van der Waals surface area contributed by atoms with Gasteiger partial charge in [0.2, 0.25) is 0 Å². The summed E-state index contributed by atoms with van der Waals surface area (Å²) in [4.78, 5) is 26.1. The Morgan fingerprint density at radius 3 is 2.76 bits per heavy atom. The number of fused-ring (bicyclic) bond motifs is 1. The first kappa shape index (κ1) is 14.0. The molecule has 2 aliphatic heterocycles. The lowest BCUT2D eigenvalue weighted by Crippen LogP contribution is -2.64. The first-order valence-electron chi connectivity index (χ1n) is 6.98. The molecule has 0 saturated carbocycles. The van der Waals surface area contributed by atoms with Crippen LogP contribution in [-0.2, 0) is 14.3 Å². The molecule has 0 radical (unpaired) electrons. The molecule has 0 aliphatic carbocycles. The normalized spacial score (nSPS) is 27.8. The Kier molecular flexibility index (Phi) is 3.43. The van der Waals surface area contributed by atoms with E-state index in [4.69, 9.17) is 9.47 Å². The van der Waals surface area contributed by atoms with Gasteiger partial charge in [-0.05, 0) is 26.0 Å². The van der Waals surface area contributed by atoms with Crippen molar-refractivity contribution in [3.05, 3.63) is 30.3 Å². The molecule has 1 aromatic carbocycles. The third-order valence-corrected chi connectivity index (χ3v) is 3.82. The van der Waals surface area contributed by atoms with Crippen molar-refractivity contribution < 1.29 is 19.1 Å². The SMILES string of the molecule is CC1(C)OC(=O)C2CNCC(C(=O)Oc3ccccc3)N21. The summed E-state index contributed by atoms with van der Waals surface area (Å²) in [5, 5.41) is 3.10. The number of esters is 2. The smallest absolute Gasteiger partial charge is 0.330 e. The van der Waals surface area contributed by atoms with Gasteiger partial charge in [0.15, 0.2) is 5.72 Å². The summed E-state index contributed by atoms with van der Waals surface area (Å²) in [6, 6.07) is 7.91. The number of ether oxygens (including phenoxy) is 2. The molecule has 112 valence electrons. The maximum Gasteiger partial charge on any atom is 0.330 e. The zero-order valence-electron chi connectivity index (χ0n) is 12.0. The fraction of sp³-hybridized carbons (Fsp3) is 0.467. The number of para-hydroxylation sites is 1. The van der Waals surface area contributed by atoms with Gasteiger partial charge in [0.25, 0.3) is 0 Å². The van der Waals surface area contributed by atoms with Crippen molar-refractivity contribution in [2.24, 2.45) is 0 Å². The highest BCUT2D eigenvalue weighted by molar-refractivity contribution is 5.84. The zero-order valence-corrected chi connectivity index (χ0v) is 12.0. The lowest BCUT2D eigenvalue weighted by atomic mass is 10.1. The summed E-state index contributed by atoms with van der Waals surface area (Å²) in [5.74, 6) is -0.191. The highest BCUT2D eigenvalue weighted by Crippen LogP contribution is 2.32. The van der Waals surface area contributed by atoms with Gasteiger partial charge in [-0.25, -0.2) is 9.69 Å². The molecule has 2 heterocycles. The first-order chi connectivity index (χ1) is 9.99. The third kappa shape index (κ3) is 2.52. The van der Waals surface area contributed by atoms with Gasteiger partial charge in [0.1, 0.15) is 17.8 Å². The standard InChI is InChI=1S/C15H18N2O4/c1-15(2)17-11(8-16-9-12(17)14(19)21-15)13(18)20-10-6-4-3-5-7-10/h3-7,11-12,16H,8-9H2,1-2H3. The van der Waals surface area contributed by atoms with E-state index in [-0.39, 0.29) is 11.9 Å². The molecule has 2 aliphatic rings. The summed E-state index contributed by atoms with van der Waals surface area (Å²) >= 11 is 0. The molecule has 6 heteroatoms. The van der Waals surface area contributed by atoms with Crippen LogP contribution in [0.1, 0.15) is 13.8 Å². The van der Waals surface area contributed by atoms with E-state index in [2.05, 4.69) is 5.32 Å². The summed E-state index contributed by atoms with van der Waals surface area (Å²) in [6.07, 6.45) is 0. The van der Waals surface area contributed by atoms with Gasteiger partial charge in [0.05, 0.1) is 0 Å². The van der Waals surface area contributed by atoms with Crippen LogP contribution in [0, 0.1) is 0 Å². The number of hydrogen-bond acceptors (Lipinski definition) is 6. The van der Waals surface area contributed by atoms with Crippen molar-refractivity contribution in [1.82, 2.24) is 10.2 Å². The highest BCUT2D eigenvalue weighted by Gasteiger charge is 2.54. The maximum atomic E-state index is 12.4. The minimum atomic E-state index is -0.801. The maximum absolute atomic E-state index is 12.4. The van der Waals surface area contributed by atoms with Crippen LogP contribution >= 0.6 is 0 Å². The van der Waals surface area contributed by atoms with E-state index in [1.165, 1.54) is 0 Å². The van der Waals surface area contributed by atoms with E-state index in [1.54, 1.807) is 43.0 Å². The molecule has 21 heavy (non-hydrogen) atoms. The Bertz CT molecular complexity index is 558. The van der Waals surface area contributed by atoms with E-state index in [0.717, 1.165) is 0 Å². The fourth-order valence-electron chi connectivity index (χ4n) is 2.95. The molecule has 0 aromatic heterocycles. The second-order valence-corrected chi connectivity index (χ2v) is 5.70. The third-order valence-electron chi connectivity index (χ3n) is 3.82. The van der Waals surface area contributed by atoms with Crippen molar-refractivity contribution in [1.29, 1.82) is 0 Å². The van der Waals surface area contributed by atoms with Crippen molar-refractivity contribution in [3.8, 4) is 5.75 Å². The Morgan fingerprint density at radius 2 is 2.05 bits per heavy atom. The van der Waals surface area contributed by atoms with Crippen molar-refractivity contribution >= 4 is 11.9 Å². The van der Waals surface area contributed by atoms with Crippen LogP contribution in [0.25, 0.3) is 0 Å². The second-order valence-electron chi connectivity index (χ2n) is 5.70. The minimum Gasteiger partial charge on any atom is -0.443 e. The van der Waals surface area contributed by atoms with Crippen molar-refractivity contribution in [2.45, 2.75) is 31.7 Å². The quantitative estimate of drug-likeness (QED) is 0.633. The Morgan fingerprint density at radius 1 is 1.33 bits per heavy atom. The van der Waals surface area contributed by atoms with Gasteiger partial charge < -0.3 is 14.8 Å². The van der Waals surface area contributed by atoms with Crippen molar-refractivity contribution in [3.63, 3.8) is 0 Å². The van der Waals surface area contributed by atoms with Gasteiger partial charge in [-0.1, -0.05) is 18.2 Å². The predicted molar refractivity (Wildman–Crippen MR) is 74.5 cm³/mol. The number of carbonyl (C=O) groups excluding carboxylic acids is 2. The molecule has 2 atom stereocenters. The molecular formula is C15H18N2O4. The number of carbonyl (C=O) groups is 2. The number of piperazine rings is 1. The molecule has 1 aromatic rings. The van der Waals surface area contributed by atoms with Crippen LogP contribution < -0.4 is 10.1 Å². The van der Waals surface area contributed by atoms with E-state index in [9.17, 15) is 9.59 Å². The van der Waals surface area contributed by atoms with Gasteiger partial charge in [0, 0.05) is 13.1 Å². The predicted octanol–water partition coefficient (Wildman–Crippen LogP) is 0.527. The molecule has 2 fully saturated rings. The van der Waals surface area contributed by atoms with Gasteiger partial charge in [-0.3, -0.25) is 4.79 Å². The van der Waals surface area contributed by atoms with E-state index >= 15 is 0 Å². The van der Waals surface area contributed by atoms with Crippen LogP contribution in [0.3, 0.4) is 0 Å². The minimum absolute atomic E-state index is 0.301. The molecule has 2 unspecified atom stereocenters. The summed E-state index contributed by atoms with van der Waals surface area (Å²) in [6.45, 7) is 4.50. The number of hydrogen-bond donors (Lipinski definition) is 1. The molecule has 1 N–H and O–H groups in total. The van der Waals surface area contributed by atoms with E-state index in [1.807, 2.05) is 6.07 Å². The summed E-state index contributed by atoms with van der Waals surface area (Å²) in [7, 11) is 0. The van der Waals surface area contributed by atoms with E-state index in [0.29, 0.717) is 18.8 Å². The molecule has 2 saturated heterocycles. The summed E-state index contributed by atoms with van der Waals surface area (Å²) < 4.78 is 10.8. The summed E-state index contributed by atoms with van der Waals surface area (Å²) in [5.41, 5.74) is -0.801. The molecule has 6 nitrogen and oxygen atoms in total. The lowest BCUT2D eigenvalue weighted by molar-refractivity contribution is -0.156. The Hall–Kier alpha value is -1.92. The molecule has 0 bridgehead atoms. The molecular weight excluding hydrogens is 272 g/mol. The number of cyclic esters (lactones) is 1. The fourth-order valence-corrected chi connectivity index (χ4v) is 2.95. The first-order valence-corrected chi connectivity index (χ1v) is 6.98. The largest absolute Gasteiger partial charge is 0.443 e. The highest BCUT2D eigenvalue weighted by atomic mass is 16.6. The van der Waals surface area contributed by atoms with Gasteiger partial charge in [-0.15, -0.1) is 0 Å². The Balaban J connectivity index is 1.80. The van der Waals surface area contributed by atoms with Crippen LogP contribution in [0.5, 0.6) is 5.75 Å². The van der Waals surface area contributed by atoms with Crippen LogP contribution in [0.2, 0.25) is 0 Å². The number of nitrogens with one attached hydrogen (secondary N) is 1. The number of rotatable bonds is 2. The van der Waals surface area contributed by atoms with Crippen LogP contribution in [-0.4, -0.2) is 47.7 Å². The molecule has 0 amide bonds. The zero-order chi connectivity index (χ0) is 15.0. The van der Waals surface area contributed by atoms with Crippen LogP contribution in [0.15, 0.2) is 30.3 Å². The number of benzene rings is 1. The van der Waals surface area contributed by atoms with Crippen LogP contribution in [0.4, 0.5) is 0 Å². The average molecular weight is 290 g/mol. The average Bonchev–Trinajstić information content (AvgIpc) is 2.70. The van der Waals surface area contributed by atoms with Crippen molar-refractivity contribution in [2.75, 3.05) is 13.1 Å². The van der Waals surface area contributed by atoms with E-state index < -0.39 is 17.8 Å². The molecule has 3 rings (SSSR count). The lowest BCUT2D eigenvalue weighted by Gasteiger charge is -2.40. The van der Waals surface area contributed by atoms with Gasteiger partial charge >= 0.3 is 11.9 Å². The topological polar surface area (TPSA) is 67.9 Å². The Labute approximate surface area is 123 Å². The number of nitrogens with zero attached hydrogens (tertiary/aromatic N) is 1. The second kappa shape index (κ2) is 5.13. The van der Waals surface area contributed by atoms with Gasteiger partial charge in [-0.2, -0.15) is 0 Å².